The van der Waals surface area contributed by atoms with Crippen LogP contribution in [0.3, 0.4) is 0 Å². The largest absolute Gasteiger partial charge is 0.497 e. The molecule has 0 unspecified atom stereocenters. The predicted molar refractivity (Wildman–Crippen MR) is 107 cm³/mol. The molecule has 0 radical (unpaired) electrons. The molecule has 0 aliphatic carbocycles. The number of halogens is 1. The van der Waals surface area contributed by atoms with E-state index in [1.807, 2.05) is 12.1 Å². The Bertz CT molecular complexity index is 1010. The summed E-state index contributed by atoms with van der Waals surface area (Å²) >= 11 is 5.96. The number of ether oxygens (including phenoxy) is 1. The molecule has 0 bridgehead atoms. The molecular weight excluding hydrogens is 364 g/mol. The summed E-state index contributed by atoms with van der Waals surface area (Å²) in [5.41, 5.74) is 2.48. The van der Waals surface area contributed by atoms with E-state index < -0.39 is 0 Å². The Morgan fingerprint density at radius 1 is 1.11 bits per heavy atom. The van der Waals surface area contributed by atoms with Crippen LogP contribution in [0.4, 0.5) is 5.69 Å². The van der Waals surface area contributed by atoms with E-state index in [4.69, 9.17) is 16.3 Å². The van der Waals surface area contributed by atoms with Gasteiger partial charge in [-0.3, -0.25) is 14.1 Å². The van der Waals surface area contributed by atoms with Gasteiger partial charge in [0, 0.05) is 56.7 Å². The number of piperazine rings is 1. The highest BCUT2D eigenvalue weighted by Gasteiger charge is 2.18. The summed E-state index contributed by atoms with van der Waals surface area (Å²) in [6.07, 6.45) is 1.60. The lowest BCUT2D eigenvalue weighted by Crippen LogP contribution is -2.46. The monoisotopic (exact) mass is 384 g/mol. The first-order chi connectivity index (χ1) is 13.1. The molecule has 1 fully saturated rings. The second-order valence-electron chi connectivity index (χ2n) is 6.63. The number of rotatable bonds is 4. The van der Waals surface area contributed by atoms with Crippen LogP contribution in [0.15, 0.2) is 53.5 Å². The van der Waals surface area contributed by atoms with E-state index in [1.54, 1.807) is 31.5 Å². The number of hydrogen-bond donors (Lipinski definition) is 0. The van der Waals surface area contributed by atoms with Gasteiger partial charge < -0.3 is 9.64 Å². The Morgan fingerprint density at radius 3 is 2.70 bits per heavy atom. The van der Waals surface area contributed by atoms with Crippen molar-refractivity contribution >= 4 is 22.9 Å². The summed E-state index contributed by atoms with van der Waals surface area (Å²) in [6, 6.07) is 13.3. The molecule has 27 heavy (non-hydrogen) atoms. The van der Waals surface area contributed by atoms with Crippen molar-refractivity contribution in [3.8, 4) is 5.75 Å². The van der Waals surface area contributed by atoms with Gasteiger partial charge in [-0.25, -0.2) is 4.98 Å². The first-order valence-corrected chi connectivity index (χ1v) is 9.29. The van der Waals surface area contributed by atoms with Crippen LogP contribution in [0.25, 0.3) is 5.65 Å². The fourth-order valence-electron chi connectivity index (χ4n) is 3.41. The number of anilines is 1. The molecule has 0 amide bonds. The molecule has 1 aliphatic heterocycles. The summed E-state index contributed by atoms with van der Waals surface area (Å²) < 4.78 is 6.79. The molecule has 6 nitrogen and oxygen atoms in total. The molecule has 0 atom stereocenters. The minimum Gasteiger partial charge on any atom is -0.497 e. The molecule has 1 saturated heterocycles. The van der Waals surface area contributed by atoms with Gasteiger partial charge in [-0.2, -0.15) is 0 Å². The first kappa shape index (κ1) is 17.8. The Labute approximate surface area is 162 Å². The topological polar surface area (TPSA) is 50.1 Å². The molecule has 3 aromatic rings. The SMILES string of the molecule is COc1cccc(N2CCN(Cc3cc(=O)n4cc(Cl)ccc4n3)CC2)c1. The van der Waals surface area contributed by atoms with Crippen LogP contribution in [0.5, 0.6) is 5.75 Å². The molecule has 7 heteroatoms. The molecule has 0 saturated carbocycles. The maximum atomic E-state index is 12.3. The van der Waals surface area contributed by atoms with Crippen LogP contribution in [0.1, 0.15) is 5.69 Å². The van der Waals surface area contributed by atoms with Crippen molar-refractivity contribution in [3.05, 3.63) is 69.7 Å². The normalized spacial score (nSPS) is 15.3. The number of aromatic nitrogens is 2. The van der Waals surface area contributed by atoms with Crippen LogP contribution in [0.2, 0.25) is 5.02 Å². The molecule has 4 rings (SSSR count). The molecule has 2 aromatic heterocycles. The van der Waals surface area contributed by atoms with Crippen molar-refractivity contribution in [2.45, 2.75) is 6.54 Å². The third kappa shape index (κ3) is 3.91. The molecule has 1 aromatic carbocycles. The maximum absolute atomic E-state index is 12.3. The average molecular weight is 385 g/mol. The van der Waals surface area contributed by atoms with Gasteiger partial charge in [0.2, 0.25) is 0 Å². The highest BCUT2D eigenvalue weighted by atomic mass is 35.5. The van der Waals surface area contributed by atoms with Gasteiger partial charge in [0.25, 0.3) is 5.56 Å². The number of methoxy groups -OCH3 is 1. The second-order valence-corrected chi connectivity index (χ2v) is 7.06. The van der Waals surface area contributed by atoms with Gasteiger partial charge in [-0.05, 0) is 24.3 Å². The van der Waals surface area contributed by atoms with Gasteiger partial charge in [0.1, 0.15) is 11.4 Å². The van der Waals surface area contributed by atoms with Gasteiger partial charge in [0.15, 0.2) is 0 Å². The highest BCUT2D eigenvalue weighted by Crippen LogP contribution is 2.22. The standard InChI is InChI=1S/C20H21ClN4O2/c1-27-18-4-2-3-17(12-18)24-9-7-23(8-10-24)14-16-11-20(26)25-13-15(21)5-6-19(25)22-16/h2-6,11-13H,7-10,14H2,1H3. The van der Waals surface area contributed by atoms with Crippen LogP contribution < -0.4 is 15.2 Å². The van der Waals surface area contributed by atoms with Gasteiger partial charge in [-0.1, -0.05) is 17.7 Å². The molecule has 3 heterocycles. The lowest BCUT2D eigenvalue weighted by atomic mass is 10.2. The van der Waals surface area contributed by atoms with Gasteiger partial charge in [-0.15, -0.1) is 0 Å². The first-order valence-electron chi connectivity index (χ1n) is 8.91. The molecule has 1 aliphatic rings. The molecule has 140 valence electrons. The summed E-state index contributed by atoms with van der Waals surface area (Å²) in [7, 11) is 1.68. The predicted octanol–water partition coefficient (Wildman–Crippen LogP) is 2.68. The quantitative estimate of drug-likeness (QED) is 0.692. The van der Waals surface area contributed by atoms with E-state index in [0.717, 1.165) is 37.6 Å². The lowest BCUT2D eigenvalue weighted by molar-refractivity contribution is 0.247. The minimum atomic E-state index is -0.104. The summed E-state index contributed by atoms with van der Waals surface area (Å²) in [4.78, 5) is 21.6. The summed E-state index contributed by atoms with van der Waals surface area (Å²) in [6.45, 7) is 4.35. The minimum absolute atomic E-state index is 0.104. The van der Waals surface area contributed by atoms with Gasteiger partial charge in [0.05, 0.1) is 17.8 Å². The summed E-state index contributed by atoms with van der Waals surface area (Å²) in [5, 5.41) is 0.521. The third-order valence-corrected chi connectivity index (χ3v) is 5.08. The second kappa shape index (κ2) is 7.58. The number of hydrogen-bond acceptors (Lipinski definition) is 5. The van der Waals surface area contributed by atoms with E-state index in [0.29, 0.717) is 17.2 Å². The van der Waals surface area contributed by atoms with E-state index >= 15 is 0 Å². The van der Waals surface area contributed by atoms with Crippen LogP contribution >= 0.6 is 11.6 Å². The Kier molecular flexibility index (Phi) is 5.01. The Morgan fingerprint density at radius 2 is 1.93 bits per heavy atom. The number of pyridine rings is 1. The zero-order chi connectivity index (χ0) is 18.8. The van der Waals surface area contributed by atoms with Crippen LogP contribution in [-0.4, -0.2) is 47.6 Å². The van der Waals surface area contributed by atoms with E-state index in [9.17, 15) is 4.79 Å². The zero-order valence-corrected chi connectivity index (χ0v) is 15.9. The van der Waals surface area contributed by atoms with Crippen LogP contribution in [-0.2, 0) is 6.54 Å². The number of benzene rings is 1. The van der Waals surface area contributed by atoms with Crippen molar-refractivity contribution in [1.82, 2.24) is 14.3 Å². The van der Waals surface area contributed by atoms with E-state index in [1.165, 1.54) is 10.1 Å². The fourth-order valence-corrected chi connectivity index (χ4v) is 3.57. The number of nitrogens with zero attached hydrogens (tertiary/aromatic N) is 4. The molecular formula is C20H21ClN4O2. The van der Waals surface area contributed by atoms with E-state index in [2.05, 4.69) is 26.9 Å². The molecule has 0 N–H and O–H groups in total. The lowest BCUT2D eigenvalue weighted by Gasteiger charge is -2.36. The van der Waals surface area contributed by atoms with E-state index in [-0.39, 0.29) is 5.56 Å². The fraction of sp³-hybridized carbons (Fsp3) is 0.300. The van der Waals surface area contributed by atoms with Crippen molar-refractivity contribution < 1.29 is 4.74 Å². The highest BCUT2D eigenvalue weighted by molar-refractivity contribution is 6.30. The smallest absolute Gasteiger partial charge is 0.258 e. The Hall–Kier alpha value is -2.57. The van der Waals surface area contributed by atoms with Crippen molar-refractivity contribution in [2.75, 3.05) is 38.2 Å². The summed E-state index contributed by atoms with van der Waals surface area (Å²) in [5.74, 6) is 0.871. The van der Waals surface area contributed by atoms with Crippen molar-refractivity contribution in [2.24, 2.45) is 0 Å². The average Bonchev–Trinajstić information content (AvgIpc) is 2.69. The molecule has 0 spiro atoms. The van der Waals surface area contributed by atoms with Gasteiger partial charge >= 0.3 is 0 Å². The van der Waals surface area contributed by atoms with Crippen molar-refractivity contribution in [3.63, 3.8) is 0 Å². The zero-order valence-electron chi connectivity index (χ0n) is 15.1. The Balaban J connectivity index is 1.44. The maximum Gasteiger partial charge on any atom is 0.258 e. The third-order valence-electron chi connectivity index (χ3n) is 4.85. The van der Waals surface area contributed by atoms with Crippen LogP contribution in [0, 0.1) is 0 Å². The number of fused-ring (bicyclic) bond motifs is 1. The van der Waals surface area contributed by atoms with Crippen molar-refractivity contribution in [1.29, 1.82) is 0 Å².